The van der Waals surface area contributed by atoms with Crippen LogP contribution in [-0.4, -0.2) is 68.7 Å². The third-order valence-electron chi connectivity index (χ3n) is 2.39. The van der Waals surface area contributed by atoms with Gasteiger partial charge in [0.1, 0.15) is 0 Å². The summed E-state index contributed by atoms with van der Waals surface area (Å²) in [5.41, 5.74) is 1.22. The van der Waals surface area contributed by atoms with Crippen molar-refractivity contribution in [3.05, 3.63) is 18.2 Å². The molecule has 120 valence electrons. The Morgan fingerprint density at radius 2 is 1.86 bits per heavy atom. The summed E-state index contributed by atoms with van der Waals surface area (Å²) < 4.78 is 0. The first-order valence-corrected chi connectivity index (χ1v) is 8.61. The van der Waals surface area contributed by atoms with E-state index in [-0.39, 0.29) is 12.9 Å². The van der Waals surface area contributed by atoms with Crippen LogP contribution in [0.15, 0.2) is 12.5 Å². The fourth-order valence-electron chi connectivity index (χ4n) is 1.57. The quantitative estimate of drug-likeness (QED) is 0.597. The fraction of sp³-hybridized carbons (Fsp3) is 0.583. The third kappa shape index (κ3) is 12.3. The van der Waals surface area contributed by atoms with Crippen LogP contribution in [-0.2, 0) is 16.0 Å². The largest absolute Gasteiger partial charge is 0.483 e. The smallest absolute Gasteiger partial charge is 0.290 e. The van der Waals surface area contributed by atoms with Gasteiger partial charge in [-0.25, -0.2) is 4.98 Å². The van der Waals surface area contributed by atoms with Crippen LogP contribution in [0.4, 0.5) is 0 Å². The second-order valence-corrected chi connectivity index (χ2v) is 6.14. The number of hydrogen-bond donors (Lipinski definition) is 4. The van der Waals surface area contributed by atoms with Crippen molar-refractivity contribution in [2.75, 3.05) is 29.6 Å². The SMILES string of the molecule is O=CO.O=CO.c1ncc(CCNC2CSCCSC2)[nH]1. The molecule has 0 atom stereocenters. The lowest BCUT2D eigenvalue weighted by Gasteiger charge is -2.14. The number of aromatic nitrogens is 2. The second-order valence-electron chi connectivity index (χ2n) is 3.84. The Kier molecular flexibility index (Phi) is 14.3. The number of thioether (sulfide) groups is 2. The van der Waals surface area contributed by atoms with Crippen molar-refractivity contribution < 1.29 is 19.8 Å². The number of nitrogens with zero attached hydrogens (tertiary/aromatic N) is 1. The maximum Gasteiger partial charge on any atom is 0.290 e. The number of imidazole rings is 1. The van der Waals surface area contributed by atoms with Crippen molar-refractivity contribution in [3.8, 4) is 0 Å². The molecule has 0 radical (unpaired) electrons. The zero-order valence-corrected chi connectivity index (χ0v) is 13.2. The lowest BCUT2D eigenvalue weighted by molar-refractivity contribution is -0.123. The highest BCUT2D eigenvalue weighted by Gasteiger charge is 2.11. The summed E-state index contributed by atoms with van der Waals surface area (Å²) >= 11 is 4.14. The van der Waals surface area contributed by atoms with Crippen LogP contribution in [0, 0.1) is 0 Å². The van der Waals surface area contributed by atoms with Crippen LogP contribution < -0.4 is 5.32 Å². The summed E-state index contributed by atoms with van der Waals surface area (Å²) in [6.45, 7) is 0.550. The van der Waals surface area contributed by atoms with Gasteiger partial charge in [-0.05, 0) is 0 Å². The van der Waals surface area contributed by atoms with Crippen molar-refractivity contribution in [2.45, 2.75) is 12.5 Å². The van der Waals surface area contributed by atoms with E-state index < -0.39 is 0 Å². The summed E-state index contributed by atoms with van der Waals surface area (Å²) in [5.74, 6) is 5.14. The van der Waals surface area contributed by atoms with Gasteiger partial charge in [-0.3, -0.25) is 9.59 Å². The van der Waals surface area contributed by atoms with Crippen LogP contribution in [0.2, 0.25) is 0 Å². The van der Waals surface area contributed by atoms with Crippen LogP contribution >= 0.6 is 23.5 Å². The Balaban J connectivity index is 0.000000578. The number of aromatic amines is 1. The van der Waals surface area contributed by atoms with Gasteiger partial charge in [0.05, 0.1) is 6.33 Å². The molecule has 9 heteroatoms. The highest BCUT2D eigenvalue weighted by molar-refractivity contribution is 8.03. The molecule has 0 saturated carbocycles. The van der Waals surface area contributed by atoms with Crippen molar-refractivity contribution in [1.29, 1.82) is 0 Å². The van der Waals surface area contributed by atoms with Crippen LogP contribution in [0.5, 0.6) is 0 Å². The van der Waals surface area contributed by atoms with Gasteiger partial charge in [-0.1, -0.05) is 0 Å². The molecule has 0 amide bonds. The first kappa shape index (κ1) is 19.8. The molecule has 1 aromatic heterocycles. The predicted octanol–water partition coefficient (Wildman–Crippen LogP) is 0.792. The topological polar surface area (TPSA) is 115 Å². The lowest BCUT2D eigenvalue weighted by Crippen LogP contribution is -2.34. The summed E-state index contributed by atoms with van der Waals surface area (Å²) in [7, 11) is 0. The molecule has 1 saturated heterocycles. The van der Waals surface area contributed by atoms with Crippen molar-refractivity contribution in [2.24, 2.45) is 0 Å². The minimum atomic E-state index is -0.250. The average molecular weight is 335 g/mol. The second kappa shape index (κ2) is 15.2. The maximum absolute atomic E-state index is 8.36. The molecule has 21 heavy (non-hydrogen) atoms. The van der Waals surface area contributed by atoms with Gasteiger partial charge >= 0.3 is 0 Å². The Morgan fingerprint density at radius 3 is 2.33 bits per heavy atom. The molecule has 0 aliphatic carbocycles. The van der Waals surface area contributed by atoms with Crippen LogP contribution in [0.25, 0.3) is 0 Å². The van der Waals surface area contributed by atoms with Gasteiger partial charge < -0.3 is 20.5 Å². The first-order chi connectivity index (χ1) is 10.3. The molecule has 1 aliphatic heterocycles. The molecule has 4 N–H and O–H groups in total. The summed E-state index contributed by atoms with van der Waals surface area (Å²) in [6, 6.07) is 0.686. The number of nitrogens with one attached hydrogen (secondary N) is 2. The predicted molar refractivity (Wildman–Crippen MR) is 86.1 cm³/mol. The van der Waals surface area contributed by atoms with Crippen LogP contribution in [0.1, 0.15) is 5.69 Å². The molecule has 1 aliphatic rings. The van der Waals surface area contributed by atoms with Gasteiger partial charge in [0.15, 0.2) is 0 Å². The third-order valence-corrected chi connectivity index (χ3v) is 4.91. The summed E-state index contributed by atoms with van der Waals surface area (Å²) in [4.78, 5) is 23.9. The van der Waals surface area contributed by atoms with Crippen molar-refractivity contribution >= 4 is 36.5 Å². The minimum Gasteiger partial charge on any atom is -0.483 e. The number of carbonyl (C=O) groups is 2. The van der Waals surface area contributed by atoms with E-state index in [2.05, 4.69) is 38.8 Å². The summed E-state index contributed by atoms with van der Waals surface area (Å²) in [6.07, 6.45) is 4.69. The van der Waals surface area contributed by atoms with E-state index in [9.17, 15) is 0 Å². The number of hydrogen-bond acceptors (Lipinski definition) is 6. The summed E-state index contributed by atoms with van der Waals surface area (Å²) in [5, 5.41) is 17.4. The van der Waals surface area contributed by atoms with E-state index in [1.807, 2.05) is 6.20 Å². The van der Waals surface area contributed by atoms with E-state index in [1.54, 1.807) is 6.33 Å². The Bertz CT molecular complexity index is 338. The van der Waals surface area contributed by atoms with Gasteiger partial charge in [0.2, 0.25) is 0 Å². The molecule has 0 bridgehead atoms. The Labute approximate surface area is 132 Å². The Hall–Kier alpha value is -1.19. The maximum atomic E-state index is 8.36. The standard InChI is InChI=1S/C10H17N3S2.2CH2O2/c1(9-5-11-8-13-9)2-12-10-6-14-3-4-15-7-10;2*2-1-3/h5,8,10,12H,1-4,6-7H2,(H,11,13);2*1H,(H,2,3). The molecule has 2 rings (SSSR count). The molecule has 2 heterocycles. The molecule has 7 nitrogen and oxygen atoms in total. The normalized spacial score (nSPS) is 14.7. The van der Waals surface area contributed by atoms with E-state index in [4.69, 9.17) is 19.8 Å². The highest BCUT2D eigenvalue weighted by atomic mass is 32.2. The molecular formula is C12H21N3O4S2. The molecule has 0 unspecified atom stereocenters. The number of H-pyrrole nitrogens is 1. The zero-order valence-electron chi connectivity index (χ0n) is 11.6. The minimum absolute atomic E-state index is 0.250. The van der Waals surface area contributed by atoms with Gasteiger partial charge in [0.25, 0.3) is 12.9 Å². The van der Waals surface area contributed by atoms with E-state index >= 15 is 0 Å². The van der Waals surface area contributed by atoms with E-state index in [0.29, 0.717) is 6.04 Å². The highest BCUT2D eigenvalue weighted by Crippen LogP contribution is 2.16. The van der Waals surface area contributed by atoms with Crippen molar-refractivity contribution in [1.82, 2.24) is 15.3 Å². The molecule has 1 fully saturated rings. The molecular weight excluding hydrogens is 314 g/mol. The lowest BCUT2D eigenvalue weighted by atomic mass is 10.3. The van der Waals surface area contributed by atoms with Gasteiger partial charge in [0, 0.05) is 53.9 Å². The monoisotopic (exact) mass is 335 g/mol. The van der Waals surface area contributed by atoms with Crippen LogP contribution in [0.3, 0.4) is 0 Å². The number of rotatable bonds is 4. The van der Waals surface area contributed by atoms with E-state index in [1.165, 1.54) is 28.7 Å². The Morgan fingerprint density at radius 1 is 1.29 bits per heavy atom. The fourth-order valence-corrected chi connectivity index (χ4v) is 4.03. The average Bonchev–Trinajstić information content (AvgIpc) is 2.84. The van der Waals surface area contributed by atoms with Crippen molar-refractivity contribution in [3.63, 3.8) is 0 Å². The zero-order chi connectivity index (χ0) is 15.8. The molecule has 0 spiro atoms. The van der Waals surface area contributed by atoms with Gasteiger partial charge in [-0.15, -0.1) is 0 Å². The van der Waals surface area contributed by atoms with E-state index in [0.717, 1.165) is 13.0 Å². The van der Waals surface area contributed by atoms with Gasteiger partial charge in [-0.2, -0.15) is 23.5 Å². The molecule has 0 aromatic carbocycles. The molecule has 1 aromatic rings. The first-order valence-electron chi connectivity index (χ1n) is 6.30. The number of carboxylic acid groups (broad SMARTS) is 2.